The summed E-state index contributed by atoms with van der Waals surface area (Å²) in [6.45, 7) is 6.73. The monoisotopic (exact) mass is 864 g/mol. The molecule has 0 atom stereocenters. The summed E-state index contributed by atoms with van der Waals surface area (Å²) in [5, 5.41) is 2.34. The number of ether oxygens (including phenoxy) is 1. The Morgan fingerprint density at radius 1 is 0.522 bits per heavy atom. The first-order chi connectivity index (χ1) is 32.8. The van der Waals surface area contributed by atoms with Gasteiger partial charge in [-0.2, -0.15) is 0 Å². The fourth-order valence-corrected chi connectivity index (χ4v) is 10.8. The van der Waals surface area contributed by atoms with Crippen LogP contribution in [0.15, 0.2) is 188 Å². The van der Waals surface area contributed by atoms with Gasteiger partial charge in [0.05, 0.1) is 33.4 Å². The van der Waals surface area contributed by atoms with Gasteiger partial charge in [-0.05, 0) is 147 Å². The average molecular weight is 865 g/mol. The first-order valence-corrected chi connectivity index (χ1v) is 23.5. The smallest absolute Gasteiger partial charge is 0.269 e. The Hall–Kier alpha value is -8.02. The summed E-state index contributed by atoms with van der Waals surface area (Å²) in [6.07, 6.45) is 9.68. The van der Waals surface area contributed by atoms with Crippen molar-refractivity contribution in [3.05, 3.63) is 222 Å². The molecular formula is C62H48N4O. The lowest BCUT2D eigenvalue weighted by molar-refractivity contribution is -0.571. The number of benzene rings is 8. The number of hydrogen-bond acceptors (Lipinski definition) is 2. The molecule has 0 amide bonds. The van der Waals surface area contributed by atoms with E-state index in [4.69, 9.17) is 9.72 Å². The largest absolute Gasteiger partial charge is 0.458 e. The number of nitrogens with zero attached hydrogens (tertiary/aromatic N) is 4. The second kappa shape index (κ2) is 15.3. The SMILES string of the molecule is CC(C)(C)c1ccnc(-n2c3ccccc3c3ccc(Oc4cccc(-n5[c-][n+]6c7c(cccc75)-c5c7ccc(c5-c5ccccc5-c5ccccc5-6)CCc5ccc(cc5)CC7)c4)cc32)c1. The summed E-state index contributed by atoms with van der Waals surface area (Å²) in [4.78, 5) is 4.91. The minimum Gasteiger partial charge on any atom is -0.458 e. The highest BCUT2D eigenvalue weighted by atomic mass is 16.5. The number of hydrogen-bond donors (Lipinski definition) is 0. The van der Waals surface area contributed by atoms with Gasteiger partial charge in [0.1, 0.15) is 17.3 Å². The molecule has 0 unspecified atom stereocenters. The van der Waals surface area contributed by atoms with Gasteiger partial charge in [0.2, 0.25) is 0 Å². The van der Waals surface area contributed by atoms with Crippen molar-refractivity contribution in [3.8, 4) is 62.1 Å². The number of imidazole rings is 1. The van der Waals surface area contributed by atoms with Crippen LogP contribution in [0, 0.1) is 6.33 Å². The van der Waals surface area contributed by atoms with Gasteiger partial charge in [0, 0.05) is 23.0 Å². The van der Waals surface area contributed by atoms with Crippen LogP contribution in [0.25, 0.3) is 83.4 Å². The molecule has 67 heavy (non-hydrogen) atoms. The van der Waals surface area contributed by atoms with Crippen LogP contribution in [0.2, 0.25) is 0 Å². The highest BCUT2D eigenvalue weighted by molar-refractivity contribution is 6.09. The highest BCUT2D eigenvalue weighted by Gasteiger charge is 2.28. The van der Waals surface area contributed by atoms with Crippen molar-refractivity contribution in [2.75, 3.05) is 0 Å². The van der Waals surface area contributed by atoms with Crippen molar-refractivity contribution < 1.29 is 9.30 Å². The van der Waals surface area contributed by atoms with Crippen LogP contribution in [0.5, 0.6) is 11.5 Å². The van der Waals surface area contributed by atoms with E-state index in [-0.39, 0.29) is 5.41 Å². The van der Waals surface area contributed by atoms with E-state index in [1.165, 1.54) is 66.6 Å². The minimum absolute atomic E-state index is 0.0144. The molecule has 0 saturated carbocycles. The molecule has 4 aliphatic carbocycles. The summed E-state index contributed by atoms with van der Waals surface area (Å²) in [6, 6.07) is 66.5. The number of para-hydroxylation sites is 3. The average Bonchev–Trinajstić information content (AvgIpc) is 3.91. The number of fused-ring (bicyclic) bond motifs is 7. The number of aromatic nitrogens is 4. The van der Waals surface area contributed by atoms with Gasteiger partial charge in [0.15, 0.2) is 0 Å². The zero-order valence-electron chi connectivity index (χ0n) is 37.9. The normalized spacial score (nSPS) is 13.1. The van der Waals surface area contributed by atoms with Gasteiger partial charge in [0.25, 0.3) is 6.33 Å². The number of pyridine rings is 1. The van der Waals surface area contributed by atoms with Crippen LogP contribution < -0.4 is 9.30 Å². The van der Waals surface area contributed by atoms with E-state index in [9.17, 15) is 0 Å². The lowest BCUT2D eigenvalue weighted by Gasteiger charge is -2.23. The first kappa shape index (κ1) is 39.4. The molecule has 4 heterocycles. The molecule has 5 aliphatic rings. The summed E-state index contributed by atoms with van der Waals surface area (Å²) in [5.41, 5.74) is 20.7. The molecule has 11 aromatic rings. The maximum atomic E-state index is 6.84. The second-order valence-corrected chi connectivity index (χ2v) is 19.2. The maximum absolute atomic E-state index is 6.84. The third kappa shape index (κ3) is 6.52. The van der Waals surface area contributed by atoms with Gasteiger partial charge >= 0.3 is 0 Å². The van der Waals surface area contributed by atoms with E-state index in [0.717, 1.165) is 81.8 Å². The Bertz CT molecular complexity index is 3770. The Labute approximate surface area is 390 Å². The predicted octanol–water partition coefficient (Wildman–Crippen LogP) is 14.5. The van der Waals surface area contributed by atoms with E-state index in [1.54, 1.807) is 0 Å². The molecule has 5 nitrogen and oxygen atoms in total. The second-order valence-electron chi connectivity index (χ2n) is 19.2. The van der Waals surface area contributed by atoms with Crippen LogP contribution in [0.4, 0.5) is 0 Å². The van der Waals surface area contributed by atoms with Crippen LogP contribution in [0.3, 0.4) is 0 Å². The Balaban J connectivity index is 0.976. The molecule has 4 bridgehead atoms. The molecule has 0 N–H and O–H groups in total. The molecule has 0 radical (unpaired) electrons. The molecule has 0 spiro atoms. The summed E-state index contributed by atoms with van der Waals surface area (Å²) < 4.78 is 13.6. The molecule has 0 fully saturated rings. The summed E-state index contributed by atoms with van der Waals surface area (Å²) in [5.74, 6) is 2.39. The van der Waals surface area contributed by atoms with Crippen LogP contribution in [-0.4, -0.2) is 14.1 Å². The Morgan fingerprint density at radius 2 is 1.16 bits per heavy atom. The van der Waals surface area contributed by atoms with Crippen molar-refractivity contribution in [2.24, 2.45) is 0 Å². The third-order valence-corrected chi connectivity index (χ3v) is 14.1. The summed E-state index contributed by atoms with van der Waals surface area (Å²) >= 11 is 0. The standard InChI is InChI=1S/C62H48N4O/c1-62(2,3)44-34-35-63-58(36-44)66-55-20-9-7-16-50(55)51-33-32-47(38-57(51)66)67-46-13-10-12-45(37-46)64-39-65-54-19-8-6-15-49(54)48-14-4-5-17-52(48)59-42-28-26-40-22-24-41(25-23-40)27-29-43(31-30-42)60(59)53-18-11-21-56(64)61(53)65/h4-25,30-38H,26-29H2,1-3H3. The van der Waals surface area contributed by atoms with E-state index >= 15 is 0 Å². The molecule has 322 valence electrons. The van der Waals surface area contributed by atoms with Crippen LogP contribution in [-0.2, 0) is 31.1 Å². The Morgan fingerprint density at radius 3 is 1.96 bits per heavy atom. The van der Waals surface area contributed by atoms with Gasteiger partial charge in [-0.25, -0.2) is 4.98 Å². The van der Waals surface area contributed by atoms with Crippen molar-refractivity contribution in [1.29, 1.82) is 0 Å². The fourth-order valence-electron chi connectivity index (χ4n) is 10.8. The zero-order chi connectivity index (χ0) is 44.8. The molecule has 16 rings (SSSR count). The van der Waals surface area contributed by atoms with E-state index < -0.39 is 0 Å². The molecule has 3 aromatic heterocycles. The fraction of sp³-hybridized carbons (Fsp3) is 0.129. The highest BCUT2D eigenvalue weighted by Crippen LogP contribution is 2.47. The van der Waals surface area contributed by atoms with Crippen LogP contribution >= 0.6 is 0 Å². The van der Waals surface area contributed by atoms with Gasteiger partial charge in [-0.3, -0.25) is 13.7 Å². The van der Waals surface area contributed by atoms with E-state index in [0.29, 0.717) is 0 Å². The van der Waals surface area contributed by atoms with Crippen molar-refractivity contribution in [1.82, 2.24) is 14.1 Å². The van der Waals surface area contributed by atoms with Crippen molar-refractivity contribution >= 4 is 32.8 Å². The third-order valence-electron chi connectivity index (χ3n) is 14.1. The predicted molar refractivity (Wildman–Crippen MR) is 272 cm³/mol. The van der Waals surface area contributed by atoms with Gasteiger partial charge < -0.3 is 4.74 Å². The van der Waals surface area contributed by atoms with Crippen molar-refractivity contribution in [2.45, 2.75) is 51.9 Å². The Kier molecular flexibility index (Phi) is 8.98. The van der Waals surface area contributed by atoms with E-state index in [1.807, 2.05) is 12.3 Å². The number of rotatable bonds is 4. The molecular weight excluding hydrogens is 817 g/mol. The lowest BCUT2D eigenvalue weighted by atomic mass is 9.81. The molecule has 1 aliphatic heterocycles. The quantitative estimate of drug-likeness (QED) is 0.131. The molecule has 0 saturated heterocycles. The molecule has 8 aromatic carbocycles. The summed E-state index contributed by atoms with van der Waals surface area (Å²) in [7, 11) is 0. The molecule has 5 heteroatoms. The number of aryl methyl sites for hydroxylation is 4. The van der Waals surface area contributed by atoms with Crippen LogP contribution in [0.1, 0.15) is 48.6 Å². The van der Waals surface area contributed by atoms with Gasteiger partial charge in [-0.1, -0.05) is 142 Å². The maximum Gasteiger partial charge on any atom is 0.269 e. The minimum atomic E-state index is -0.0144. The zero-order valence-corrected chi connectivity index (χ0v) is 37.9. The lowest BCUT2D eigenvalue weighted by Crippen LogP contribution is -2.30. The topological polar surface area (TPSA) is 35.9 Å². The van der Waals surface area contributed by atoms with Crippen molar-refractivity contribution in [3.63, 3.8) is 0 Å². The first-order valence-electron chi connectivity index (χ1n) is 23.5. The van der Waals surface area contributed by atoms with E-state index in [2.05, 4.69) is 217 Å². The van der Waals surface area contributed by atoms with Gasteiger partial charge in [-0.15, -0.1) is 0 Å².